The van der Waals surface area contributed by atoms with Crippen LogP contribution in [0.2, 0.25) is 0 Å². The molecule has 0 amide bonds. The number of allylic oxidation sites excluding steroid dienone is 2. The van der Waals surface area contributed by atoms with Crippen LogP contribution in [0.5, 0.6) is 0 Å². The van der Waals surface area contributed by atoms with Gasteiger partial charge in [0, 0.05) is 29.1 Å². The number of nitrogens with zero attached hydrogens (tertiary/aromatic N) is 3. The summed E-state index contributed by atoms with van der Waals surface area (Å²) in [5, 5.41) is 7.06. The molecule has 3 aromatic rings. The fourth-order valence-corrected chi connectivity index (χ4v) is 4.96. The summed E-state index contributed by atoms with van der Waals surface area (Å²) in [6.07, 6.45) is 13.5. The van der Waals surface area contributed by atoms with Gasteiger partial charge in [-0.15, -0.1) is 0 Å². The van der Waals surface area contributed by atoms with Crippen molar-refractivity contribution in [1.29, 1.82) is 0 Å². The zero-order valence-electron chi connectivity index (χ0n) is 17.3. The van der Waals surface area contributed by atoms with E-state index in [1.807, 2.05) is 12.4 Å². The molecular weight excluding hydrogens is 382 g/mol. The first kappa shape index (κ1) is 18.3. The molecule has 0 bridgehead atoms. The molecule has 5 nitrogen and oxygen atoms in total. The van der Waals surface area contributed by atoms with Crippen molar-refractivity contribution in [1.82, 2.24) is 15.1 Å². The Morgan fingerprint density at radius 2 is 1.81 bits per heavy atom. The van der Waals surface area contributed by atoms with Crippen molar-refractivity contribution in [3.63, 3.8) is 0 Å². The first-order chi connectivity index (χ1) is 15.2. The van der Waals surface area contributed by atoms with Crippen molar-refractivity contribution >= 4 is 11.4 Å². The number of benzene rings is 2. The highest BCUT2D eigenvalue weighted by molar-refractivity contribution is 6.24. The fraction of sp³-hybridized carbons (Fsp3) is 0.231. The van der Waals surface area contributed by atoms with Crippen LogP contribution in [0.1, 0.15) is 53.6 Å². The van der Waals surface area contributed by atoms with Gasteiger partial charge in [-0.3, -0.25) is 10.1 Å². The molecule has 1 fully saturated rings. The van der Waals surface area contributed by atoms with Crippen molar-refractivity contribution in [2.45, 2.75) is 36.9 Å². The summed E-state index contributed by atoms with van der Waals surface area (Å²) in [5.74, 6) is 0.987. The van der Waals surface area contributed by atoms with Gasteiger partial charge in [-0.25, -0.2) is 0 Å². The number of aromatic nitrogens is 2. The average molecular weight is 408 g/mol. The largest absolute Gasteiger partial charge is 0.323 e. The van der Waals surface area contributed by atoms with Crippen LogP contribution in [0.25, 0.3) is 5.57 Å². The summed E-state index contributed by atoms with van der Waals surface area (Å²) < 4.78 is 0. The molecule has 3 N–H and O–H groups in total. The molecule has 3 aliphatic rings. The molecule has 1 aromatic heterocycles. The molecule has 0 spiro atoms. The van der Waals surface area contributed by atoms with Crippen LogP contribution in [0.3, 0.4) is 0 Å². The van der Waals surface area contributed by atoms with Gasteiger partial charge in [-0.2, -0.15) is 5.10 Å². The smallest absolute Gasteiger partial charge is 0.137 e. The molecule has 5 heteroatoms. The number of aliphatic imine (C=N–C) groups is 1. The molecular formula is C26H25N5. The molecule has 3 heterocycles. The molecule has 154 valence electrons. The molecule has 31 heavy (non-hydrogen) atoms. The average Bonchev–Trinajstić information content (AvgIpc) is 3.46. The van der Waals surface area contributed by atoms with E-state index in [0.717, 1.165) is 29.8 Å². The Kier molecular flexibility index (Phi) is 4.18. The van der Waals surface area contributed by atoms with Crippen LogP contribution in [0.15, 0.2) is 90.3 Å². The summed E-state index contributed by atoms with van der Waals surface area (Å²) in [6, 6.07) is 19.6. The first-order valence-electron chi connectivity index (χ1n) is 10.9. The van der Waals surface area contributed by atoms with E-state index in [9.17, 15) is 0 Å². The van der Waals surface area contributed by atoms with Gasteiger partial charge in [0.2, 0.25) is 0 Å². The van der Waals surface area contributed by atoms with E-state index >= 15 is 0 Å². The Labute approximate surface area is 182 Å². The topological polar surface area (TPSA) is 70.3 Å². The number of H-pyrrole nitrogens is 1. The number of fused-ring (bicyclic) bond motifs is 1. The maximum atomic E-state index is 6.55. The Morgan fingerprint density at radius 3 is 2.48 bits per heavy atom. The summed E-state index contributed by atoms with van der Waals surface area (Å²) >= 11 is 0. The zero-order valence-corrected chi connectivity index (χ0v) is 17.3. The summed E-state index contributed by atoms with van der Waals surface area (Å²) in [4.78, 5) is 7.55. The van der Waals surface area contributed by atoms with Crippen molar-refractivity contribution in [2.75, 3.05) is 0 Å². The number of rotatable bonds is 4. The number of nitrogens with two attached hydrogens (primary N) is 1. The first-order valence-corrected chi connectivity index (χ1v) is 10.9. The standard InChI is InChI=1S/C26H25N5/c27-26(13-5-14-26)21-11-9-18(10-12-21)23-24(19-6-2-1-3-7-19)31-15-4-8-22(25(31)30-23)20-16-28-29-17-20/h1-4,6-12,15-17,23-24H,5,13-14,27H2,(H,28,29). The maximum Gasteiger partial charge on any atom is 0.137 e. The van der Waals surface area contributed by atoms with Crippen LogP contribution >= 0.6 is 0 Å². The second kappa shape index (κ2) is 7.06. The van der Waals surface area contributed by atoms with Crippen LogP contribution < -0.4 is 5.73 Å². The molecule has 2 aromatic carbocycles. The third kappa shape index (κ3) is 2.96. The van der Waals surface area contributed by atoms with Gasteiger partial charge in [0.25, 0.3) is 0 Å². The van der Waals surface area contributed by atoms with E-state index in [1.54, 1.807) is 0 Å². The Morgan fingerprint density at radius 1 is 1.00 bits per heavy atom. The van der Waals surface area contributed by atoms with E-state index in [-0.39, 0.29) is 17.6 Å². The molecule has 1 aliphatic carbocycles. The van der Waals surface area contributed by atoms with Gasteiger partial charge >= 0.3 is 0 Å². The lowest BCUT2D eigenvalue weighted by Crippen LogP contribution is -2.43. The van der Waals surface area contributed by atoms with Crippen LogP contribution in [-0.2, 0) is 5.54 Å². The molecule has 0 saturated heterocycles. The maximum absolute atomic E-state index is 6.55. The minimum absolute atomic E-state index is 0.000355. The minimum atomic E-state index is -0.143. The minimum Gasteiger partial charge on any atom is -0.323 e. The van der Waals surface area contributed by atoms with Gasteiger partial charge in [0.15, 0.2) is 0 Å². The molecule has 2 unspecified atom stereocenters. The number of hydrogen-bond acceptors (Lipinski definition) is 4. The fourth-order valence-electron chi connectivity index (χ4n) is 4.96. The Balaban J connectivity index is 1.42. The zero-order chi connectivity index (χ0) is 20.8. The second-order valence-corrected chi connectivity index (χ2v) is 8.70. The Bertz CT molecular complexity index is 1170. The van der Waals surface area contributed by atoms with E-state index in [1.165, 1.54) is 23.1 Å². The Hall–Kier alpha value is -3.44. The third-order valence-corrected chi connectivity index (χ3v) is 6.88. The van der Waals surface area contributed by atoms with Gasteiger partial charge in [-0.05, 0) is 48.1 Å². The predicted octanol–water partition coefficient (Wildman–Crippen LogP) is 4.86. The van der Waals surface area contributed by atoms with Crippen molar-refractivity contribution in [3.05, 3.63) is 108 Å². The highest BCUT2D eigenvalue weighted by Gasteiger charge is 2.40. The van der Waals surface area contributed by atoms with Crippen molar-refractivity contribution in [3.8, 4) is 0 Å². The lowest BCUT2D eigenvalue weighted by Gasteiger charge is -2.38. The van der Waals surface area contributed by atoms with E-state index in [2.05, 4.69) is 88.0 Å². The van der Waals surface area contributed by atoms with Crippen molar-refractivity contribution < 1.29 is 0 Å². The number of nitrogens with one attached hydrogen (secondary N) is 1. The molecule has 1 saturated carbocycles. The van der Waals surface area contributed by atoms with E-state index in [4.69, 9.17) is 10.7 Å². The molecule has 6 rings (SSSR count). The third-order valence-electron chi connectivity index (χ3n) is 6.88. The molecule has 0 radical (unpaired) electrons. The molecule has 2 aliphatic heterocycles. The number of amidine groups is 1. The van der Waals surface area contributed by atoms with Crippen LogP contribution in [0, 0.1) is 0 Å². The van der Waals surface area contributed by atoms with Gasteiger partial charge in [0.05, 0.1) is 12.2 Å². The monoisotopic (exact) mass is 407 g/mol. The van der Waals surface area contributed by atoms with E-state index in [0.29, 0.717) is 0 Å². The summed E-state index contributed by atoms with van der Waals surface area (Å²) in [7, 11) is 0. The lowest BCUT2D eigenvalue weighted by atomic mass is 9.72. The van der Waals surface area contributed by atoms with Gasteiger partial charge < -0.3 is 10.6 Å². The second-order valence-electron chi connectivity index (χ2n) is 8.70. The number of aromatic amines is 1. The van der Waals surface area contributed by atoms with Crippen LogP contribution in [0.4, 0.5) is 0 Å². The molecule has 2 atom stereocenters. The SMILES string of the molecule is NC1(c2ccc(C3N=C4C(c5cn[nH]c5)=CC=CN4C3c3ccccc3)cc2)CCC1. The lowest BCUT2D eigenvalue weighted by molar-refractivity contribution is 0.253. The highest BCUT2D eigenvalue weighted by atomic mass is 15.3. The highest BCUT2D eigenvalue weighted by Crippen LogP contribution is 2.46. The van der Waals surface area contributed by atoms with Gasteiger partial charge in [-0.1, -0.05) is 54.6 Å². The predicted molar refractivity (Wildman–Crippen MR) is 123 cm³/mol. The normalized spacial score (nSPS) is 23.7. The van der Waals surface area contributed by atoms with Crippen molar-refractivity contribution in [2.24, 2.45) is 10.7 Å². The quantitative estimate of drug-likeness (QED) is 0.649. The van der Waals surface area contributed by atoms with Crippen LogP contribution in [-0.4, -0.2) is 20.9 Å². The summed E-state index contributed by atoms with van der Waals surface area (Å²) in [5.41, 5.74) is 12.2. The number of hydrogen-bond donors (Lipinski definition) is 2. The summed E-state index contributed by atoms with van der Waals surface area (Å²) in [6.45, 7) is 0. The van der Waals surface area contributed by atoms with E-state index < -0.39 is 0 Å². The van der Waals surface area contributed by atoms with Gasteiger partial charge in [0.1, 0.15) is 11.9 Å².